The van der Waals surface area contributed by atoms with Crippen molar-refractivity contribution < 1.29 is 14.6 Å². The van der Waals surface area contributed by atoms with E-state index in [-0.39, 0.29) is 11.6 Å². The topological polar surface area (TPSA) is 49.7 Å². The Kier molecular flexibility index (Phi) is 5.66. The van der Waals surface area contributed by atoms with Crippen molar-refractivity contribution in [1.82, 2.24) is 0 Å². The molecule has 0 aliphatic rings. The monoisotopic (exact) mass is 248 g/mol. The zero-order chi connectivity index (χ0) is 13.0. The molecule has 2 N–H and O–H groups in total. The van der Waals surface area contributed by atoms with Crippen LogP contribution in [0.25, 0.3) is 0 Å². The van der Waals surface area contributed by atoms with Crippen LogP contribution >= 0.6 is 0 Å². The van der Waals surface area contributed by atoms with Crippen molar-refractivity contribution in [2.45, 2.75) is 64.3 Å². The number of hydrogen-bond donors (Lipinski definition) is 2. The smallest absolute Gasteiger partial charge is 0.191 e. The lowest BCUT2D eigenvalue weighted by Crippen LogP contribution is -2.42. The van der Waals surface area contributed by atoms with Crippen molar-refractivity contribution in [2.75, 3.05) is 13.2 Å². The molecule has 0 saturated heterocycles. The maximum absolute atomic E-state index is 9.89. The molecule has 0 bridgehead atoms. The van der Waals surface area contributed by atoms with E-state index in [1.807, 2.05) is 0 Å². The Bertz CT molecular complexity index is 207. The minimum atomic E-state index is -1.70. The summed E-state index contributed by atoms with van der Waals surface area (Å²) in [5.74, 6) is 0. The lowest BCUT2D eigenvalue weighted by molar-refractivity contribution is 0.0130. The number of aliphatic hydroxyl groups is 2. The van der Waals surface area contributed by atoms with Gasteiger partial charge in [-0.05, 0) is 37.9 Å². The highest BCUT2D eigenvalue weighted by Crippen LogP contribution is 2.36. The van der Waals surface area contributed by atoms with E-state index >= 15 is 0 Å². The van der Waals surface area contributed by atoms with E-state index in [1.54, 1.807) is 6.92 Å². The van der Waals surface area contributed by atoms with Crippen LogP contribution in [0.1, 0.15) is 40.5 Å². The van der Waals surface area contributed by atoms with E-state index < -0.39 is 13.9 Å². The maximum Gasteiger partial charge on any atom is 0.191 e. The van der Waals surface area contributed by atoms with E-state index in [0.717, 1.165) is 0 Å². The van der Waals surface area contributed by atoms with Crippen LogP contribution in [0.2, 0.25) is 18.1 Å². The molecule has 0 amide bonds. The maximum atomic E-state index is 9.89. The Morgan fingerprint density at radius 2 is 1.56 bits per heavy atom. The zero-order valence-electron chi connectivity index (χ0n) is 11.6. The molecule has 0 aliphatic heterocycles. The van der Waals surface area contributed by atoms with Crippen molar-refractivity contribution in [1.29, 1.82) is 0 Å². The van der Waals surface area contributed by atoms with Gasteiger partial charge in [0.05, 0.1) is 5.60 Å². The van der Waals surface area contributed by atoms with Crippen LogP contribution in [-0.2, 0) is 4.43 Å². The second-order valence-corrected chi connectivity index (χ2v) is 11.1. The predicted octanol–water partition coefficient (Wildman–Crippen LogP) is 2.53. The molecule has 0 aliphatic carbocycles. The summed E-state index contributed by atoms with van der Waals surface area (Å²) in [4.78, 5) is 0. The van der Waals surface area contributed by atoms with Gasteiger partial charge in [0.1, 0.15) is 0 Å². The third kappa shape index (κ3) is 5.43. The number of rotatable bonds is 6. The molecule has 0 saturated carbocycles. The predicted molar refractivity (Wildman–Crippen MR) is 70.1 cm³/mol. The van der Waals surface area contributed by atoms with E-state index in [2.05, 4.69) is 33.9 Å². The van der Waals surface area contributed by atoms with Crippen LogP contribution < -0.4 is 0 Å². The van der Waals surface area contributed by atoms with Gasteiger partial charge < -0.3 is 14.6 Å². The Labute approximate surface area is 101 Å². The normalized spacial score (nSPS) is 17.2. The average molecular weight is 248 g/mol. The van der Waals surface area contributed by atoms with Crippen LogP contribution in [0.4, 0.5) is 0 Å². The summed E-state index contributed by atoms with van der Waals surface area (Å²) < 4.78 is 5.97. The summed E-state index contributed by atoms with van der Waals surface area (Å²) in [6.07, 6.45) is 0.994. The average Bonchev–Trinajstić information content (AvgIpc) is 2.00. The Morgan fingerprint density at radius 1 is 1.06 bits per heavy atom. The summed E-state index contributed by atoms with van der Waals surface area (Å²) in [5, 5.41) is 18.9. The zero-order valence-corrected chi connectivity index (χ0v) is 12.6. The molecule has 0 radical (unpaired) electrons. The number of hydrogen-bond acceptors (Lipinski definition) is 3. The summed E-state index contributed by atoms with van der Waals surface area (Å²) in [5.41, 5.74) is -0.808. The van der Waals surface area contributed by atoms with E-state index in [9.17, 15) is 5.11 Å². The second kappa shape index (κ2) is 5.62. The highest BCUT2D eigenvalue weighted by Gasteiger charge is 2.37. The van der Waals surface area contributed by atoms with Crippen LogP contribution in [0.5, 0.6) is 0 Å². The van der Waals surface area contributed by atoms with Crippen molar-refractivity contribution in [3.63, 3.8) is 0 Å². The van der Waals surface area contributed by atoms with Gasteiger partial charge in [-0.15, -0.1) is 0 Å². The van der Waals surface area contributed by atoms with Crippen LogP contribution in [0.15, 0.2) is 0 Å². The third-order valence-corrected chi connectivity index (χ3v) is 8.10. The lowest BCUT2D eigenvalue weighted by atomic mass is 10.00. The van der Waals surface area contributed by atoms with Crippen molar-refractivity contribution in [3.05, 3.63) is 0 Å². The first-order valence-electron chi connectivity index (χ1n) is 5.99. The van der Waals surface area contributed by atoms with Crippen LogP contribution in [-0.4, -0.2) is 37.3 Å². The molecule has 0 aromatic heterocycles. The summed E-state index contributed by atoms with van der Waals surface area (Å²) >= 11 is 0. The van der Waals surface area contributed by atoms with Gasteiger partial charge in [-0.3, -0.25) is 0 Å². The Balaban J connectivity index is 4.08. The van der Waals surface area contributed by atoms with Crippen molar-refractivity contribution in [3.8, 4) is 0 Å². The third-order valence-electron chi connectivity index (χ3n) is 3.56. The number of aliphatic hydroxyl groups excluding tert-OH is 1. The minimum absolute atomic E-state index is 0.0209. The van der Waals surface area contributed by atoms with Gasteiger partial charge in [0.15, 0.2) is 8.32 Å². The summed E-state index contributed by atoms with van der Waals surface area (Å²) in [6.45, 7) is 13.3. The first-order valence-corrected chi connectivity index (χ1v) is 8.90. The van der Waals surface area contributed by atoms with Gasteiger partial charge >= 0.3 is 0 Å². The Morgan fingerprint density at radius 3 is 1.94 bits per heavy atom. The van der Waals surface area contributed by atoms with E-state index in [0.29, 0.717) is 19.4 Å². The molecule has 1 atom stereocenters. The summed E-state index contributed by atoms with van der Waals surface area (Å²) in [6, 6.07) is 0. The molecule has 98 valence electrons. The second-order valence-electron chi connectivity index (χ2n) is 6.33. The molecule has 0 rings (SSSR count). The molecule has 16 heavy (non-hydrogen) atoms. The Hall–Kier alpha value is 0.0969. The SMILES string of the molecule is CC(C)(C)[Si](C)(C)OCC[C@](C)(O)CCO. The van der Waals surface area contributed by atoms with Gasteiger partial charge in [0.2, 0.25) is 0 Å². The molecular formula is C12H28O3Si. The molecule has 3 nitrogen and oxygen atoms in total. The quantitative estimate of drug-likeness (QED) is 0.710. The van der Waals surface area contributed by atoms with Gasteiger partial charge in [-0.1, -0.05) is 20.8 Å². The molecule has 0 fully saturated rings. The molecule has 0 aromatic carbocycles. The van der Waals surface area contributed by atoms with Gasteiger partial charge in [0.25, 0.3) is 0 Å². The van der Waals surface area contributed by atoms with Gasteiger partial charge in [0, 0.05) is 13.2 Å². The minimum Gasteiger partial charge on any atom is -0.417 e. The summed E-state index contributed by atoms with van der Waals surface area (Å²) in [7, 11) is -1.70. The largest absolute Gasteiger partial charge is 0.417 e. The standard InChI is InChI=1S/C12H28O3Si/c1-11(2,3)16(5,6)15-10-8-12(4,14)7-9-13/h13-14H,7-10H2,1-6H3/t12-/m1/s1. The molecule has 0 heterocycles. The molecule has 4 heteroatoms. The fourth-order valence-electron chi connectivity index (χ4n) is 1.11. The highest BCUT2D eigenvalue weighted by atomic mass is 28.4. The van der Waals surface area contributed by atoms with Crippen LogP contribution in [0, 0.1) is 0 Å². The van der Waals surface area contributed by atoms with Gasteiger partial charge in [-0.2, -0.15) is 0 Å². The van der Waals surface area contributed by atoms with Crippen molar-refractivity contribution in [2.24, 2.45) is 0 Å². The molecular weight excluding hydrogens is 220 g/mol. The van der Waals surface area contributed by atoms with E-state index in [1.165, 1.54) is 0 Å². The fourth-order valence-corrected chi connectivity index (χ4v) is 2.15. The molecule has 0 aromatic rings. The lowest BCUT2D eigenvalue weighted by Gasteiger charge is -2.37. The molecule has 0 spiro atoms. The first-order chi connectivity index (χ1) is 7.02. The van der Waals surface area contributed by atoms with E-state index in [4.69, 9.17) is 9.53 Å². The molecule has 0 unspecified atom stereocenters. The van der Waals surface area contributed by atoms with Gasteiger partial charge in [-0.25, -0.2) is 0 Å². The highest BCUT2D eigenvalue weighted by molar-refractivity contribution is 6.74. The fraction of sp³-hybridized carbons (Fsp3) is 1.00. The first kappa shape index (κ1) is 16.1. The van der Waals surface area contributed by atoms with Crippen LogP contribution in [0.3, 0.4) is 0 Å². The van der Waals surface area contributed by atoms with Crippen molar-refractivity contribution >= 4 is 8.32 Å².